The van der Waals surface area contributed by atoms with Gasteiger partial charge in [-0.2, -0.15) is 13.2 Å². The highest BCUT2D eigenvalue weighted by molar-refractivity contribution is 5.78. The lowest BCUT2D eigenvalue weighted by Gasteiger charge is -2.38. The zero-order valence-electron chi connectivity index (χ0n) is 15.6. The number of alkyl halides is 3. The summed E-state index contributed by atoms with van der Waals surface area (Å²) in [5, 5.41) is 0. The minimum atomic E-state index is -4.38. The molecular weight excluding hydrogens is 361 g/mol. The topological polar surface area (TPSA) is 48.9 Å². The Morgan fingerprint density at radius 2 is 1.78 bits per heavy atom. The molecule has 0 spiro atoms. The Kier molecular flexibility index (Phi) is 5.90. The molecule has 3 heterocycles. The first kappa shape index (κ1) is 19.9. The van der Waals surface area contributed by atoms with E-state index in [1.165, 1.54) is 6.07 Å². The van der Waals surface area contributed by atoms with Gasteiger partial charge >= 0.3 is 6.18 Å². The van der Waals surface area contributed by atoms with Crippen molar-refractivity contribution < 1.29 is 22.7 Å². The quantitative estimate of drug-likeness (QED) is 0.794. The number of aromatic nitrogens is 1. The number of halogens is 3. The zero-order chi connectivity index (χ0) is 19.6. The van der Waals surface area contributed by atoms with Crippen molar-refractivity contribution in [3.63, 3.8) is 0 Å². The van der Waals surface area contributed by atoms with E-state index in [2.05, 4.69) is 9.88 Å². The Morgan fingerprint density at radius 1 is 1.15 bits per heavy atom. The summed E-state index contributed by atoms with van der Waals surface area (Å²) < 4.78 is 43.6. The molecule has 0 saturated carbocycles. The zero-order valence-corrected chi connectivity index (χ0v) is 15.6. The van der Waals surface area contributed by atoms with Gasteiger partial charge in [0.05, 0.1) is 24.3 Å². The molecule has 0 aromatic carbocycles. The Labute approximate surface area is 156 Å². The van der Waals surface area contributed by atoms with Crippen LogP contribution in [0.1, 0.15) is 19.4 Å². The highest BCUT2D eigenvalue weighted by atomic mass is 19.4. The summed E-state index contributed by atoms with van der Waals surface area (Å²) in [7, 11) is 0. The number of carbonyl (C=O) groups excluding carboxylic acids is 1. The second kappa shape index (κ2) is 8.02. The highest BCUT2D eigenvalue weighted by Gasteiger charge is 2.31. The minimum absolute atomic E-state index is 0.0419. The molecule has 2 aliphatic heterocycles. The third kappa shape index (κ3) is 5.10. The fraction of sp³-hybridized carbons (Fsp3) is 0.667. The number of hydrogen-bond acceptors (Lipinski definition) is 5. The molecule has 27 heavy (non-hydrogen) atoms. The lowest BCUT2D eigenvalue weighted by atomic mass is 10.2. The molecule has 2 aliphatic rings. The van der Waals surface area contributed by atoms with Crippen molar-refractivity contribution in [3.8, 4) is 0 Å². The van der Waals surface area contributed by atoms with Gasteiger partial charge in [0.25, 0.3) is 0 Å². The van der Waals surface area contributed by atoms with Crippen LogP contribution in [0, 0.1) is 0 Å². The maximum absolute atomic E-state index is 12.6. The van der Waals surface area contributed by atoms with Crippen LogP contribution < -0.4 is 4.90 Å². The standard InChI is InChI=1S/C18H25F3N4O2/c1-13-10-25(11-14(2)27-13)17(26)12-23-5-7-24(8-6-23)16-4-3-15(9-22-16)18(19,20)21/h3-4,9,13-14H,5-8,10-12H2,1-2H3. The molecule has 3 rings (SSSR count). The van der Waals surface area contributed by atoms with Crippen molar-refractivity contribution >= 4 is 11.7 Å². The number of rotatable bonds is 3. The number of nitrogens with zero attached hydrogens (tertiary/aromatic N) is 4. The predicted octanol–water partition coefficient (Wildman–Crippen LogP) is 1.86. The summed E-state index contributed by atoms with van der Waals surface area (Å²) in [4.78, 5) is 22.4. The van der Waals surface area contributed by atoms with Gasteiger partial charge in [0, 0.05) is 45.5 Å². The predicted molar refractivity (Wildman–Crippen MR) is 94.5 cm³/mol. The first-order valence-electron chi connectivity index (χ1n) is 9.16. The molecule has 0 aliphatic carbocycles. The number of carbonyl (C=O) groups is 1. The molecule has 0 N–H and O–H groups in total. The first-order valence-corrected chi connectivity index (χ1v) is 9.16. The summed E-state index contributed by atoms with van der Waals surface area (Å²) in [5.74, 6) is 0.628. The van der Waals surface area contributed by atoms with E-state index in [0.29, 0.717) is 51.6 Å². The third-order valence-electron chi connectivity index (χ3n) is 4.90. The molecule has 150 valence electrons. The van der Waals surface area contributed by atoms with Gasteiger partial charge in [-0.1, -0.05) is 0 Å². The molecule has 0 radical (unpaired) electrons. The first-order chi connectivity index (χ1) is 12.7. The second-order valence-electron chi connectivity index (χ2n) is 7.22. The number of ether oxygens (including phenoxy) is 1. The van der Waals surface area contributed by atoms with Gasteiger partial charge in [-0.25, -0.2) is 4.98 Å². The number of amides is 1. The smallest absolute Gasteiger partial charge is 0.372 e. The molecule has 1 aromatic rings. The van der Waals surface area contributed by atoms with Crippen molar-refractivity contribution in [2.24, 2.45) is 0 Å². The van der Waals surface area contributed by atoms with Crippen LogP contribution in [0.15, 0.2) is 18.3 Å². The highest BCUT2D eigenvalue weighted by Crippen LogP contribution is 2.29. The van der Waals surface area contributed by atoms with Crippen molar-refractivity contribution in [2.75, 3.05) is 50.7 Å². The number of piperazine rings is 1. The molecule has 1 amide bonds. The molecular formula is C18H25F3N4O2. The summed E-state index contributed by atoms with van der Waals surface area (Å²) in [6.45, 7) is 8.10. The molecule has 2 fully saturated rings. The van der Waals surface area contributed by atoms with Gasteiger partial charge in [-0.05, 0) is 26.0 Å². The normalized spacial score (nSPS) is 24.9. The number of anilines is 1. The molecule has 1 aromatic heterocycles. The van der Waals surface area contributed by atoms with E-state index in [1.54, 1.807) is 0 Å². The maximum Gasteiger partial charge on any atom is 0.417 e. The van der Waals surface area contributed by atoms with Gasteiger partial charge in [-0.3, -0.25) is 9.69 Å². The van der Waals surface area contributed by atoms with E-state index in [1.807, 2.05) is 23.6 Å². The van der Waals surface area contributed by atoms with E-state index in [0.717, 1.165) is 12.3 Å². The van der Waals surface area contributed by atoms with E-state index >= 15 is 0 Å². The van der Waals surface area contributed by atoms with Crippen molar-refractivity contribution in [3.05, 3.63) is 23.9 Å². The lowest BCUT2D eigenvalue weighted by molar-refractivity contribution is -0.144. The van der Waals surface area contributed by atoms with E-state index < -0.39 is 11.7 Å². The van der Waals surface area contributed by atoms with Gasteiger partial charge in [-0.15, -0.1) is 0 Å². The van der Waals surface area contributed by atoms with Crippen LogP contribution in [0.25, 0.3) is 0 Å². The monoisotopic (exact) mass is 386 g/mol. The summed E-state index contributed by atoms with van der Waals surface area (Å²) in [5.41, 5.74) is -0.746. The molecule has 2 unspecified atom stereocenters. The molecule has 9 heteroatoms. The Bertz CT molecular complexity index is 635. The largest absolute Gasteiger partial charge is 0.417 e. The van der Waals surface area contributed by atoms with Gasteiger partial charge in [0.1, 0.15) is 5.82 Å². The van der Waals surface area contributed by atoms with Crippen LogP contribution in [-0.4, -0.2) is 78.7 Å². The van der Waals surface area contributed by atoms with E-state index in [-0.39, 0.29) is 18.1 Å². The minimum Gasteiger partial charge on any atom is -0.372 e. The Hall–Kier alpha value is -1.87. The van der Waals surface area contributed by atoms with Crippen LogP contribution >= 0.6 is 0 Å². The molecule has 0 bridgehead atoms. The Balaban J connectivity index is 1.49. The third-order valence-corrected chi connectivity index (χ3v) is 4.90. The van der Waals surface area contributed by atoms with Crippen molar-refractivity contribution in [2.45, 2.75) is 32.2 Å². The van der Waals surface area contributed by atoms with Crippen LogP contribution in [0.3, 0.4) is 0 Å². The SMILES string of the molecule is CC1CN(C(=O)CN2CCN(c3ccc(C(F)(F)F)cn3)CC2)CC(C)O1. The van der Waals surface area contributed by atoms with Crippen molar-refractivity contribution in [1.82, 2.24) is 14.8 Å². The van der Waals surface area contributed by atoms with Gasteiger partial charge in [0.15, 0.2) is 0 Å². The fourth-order valence-corrected chi connectivity index (χ4v) is 3.55. The van der Waals surface area contributed by atoms with Crippen LogP contribution in [-0.2, 0) is 15.7 Å². The van der Waals surface area contributed by atoms with Crippen molar-refractivity contribution in [1.29, 1.82) is 0 Å². The lowest BCUT2D eigenvalue weighted by Crippen LogP contribution is -2.54. The van der Waals surface area contributed by atoms with E-state index in [4.69, 9.17) is 4.74 Å². The van der Waals surface area contributed by atoms with Crippen LogP contribution in [0.4, 0.5) is 19.0 Å². The summed E-state index contributed by atoms with van der Waals surface area (Å²) in [6, 6.07) is 2.46. The van der Waals surface area contributed by atoms with Gasteiger partial charge < -0.3 is 14.5 Å². The van der Waals surface area contributed by atoms with Crippen LogP contribution in [0.2, 0.25) is 0 Å². The second-order valence-corrected chi connectivity index (χ2v) is 7.22. The van der Waals surface area contributed by atoms with Crippen LogP contribution in [0.5, 0.6) is 0 Å². The average Bonchev–Trinajstić information content (AvgIpc) is 2.61. The number of morpholine rings is 1. The van der Waals surface area contributed by atoms with Gasteiger partial charge in [0.2, 0.25) is 5.91 Å². The number of hydrogen-bond donors (Lipinski definition) is 0. The Morgan fingerprint density at radius 3 is 2.30 bits per heavy atom. The summed E-state index contributed by atoms with van der Waals surface area (Å²) in [6.07, 6.45) is -3.42. The molecule has 2 atom stereocenters. The fourth-order valence-electron chi connectivity index (χ4n) is 3.55. The summed E-state index contributed by atoms with van der Waals surface area (Å²) >= 11 is 0. The van der Waals surface area contributed by atoms with E-state index in [9.17, 15) is 18.0 Å². The maximum atomic E-state index is 12.6. The average molecular weight is 386 g/mol. The molecule has 6 nitrogen and oxygen atoms in total. The molecule has 2 saturated heterocycles. The number of pyridine rings is 1.